The SMILES string of the molecule is COc1cc(F)cc2n[nH]c(Br)c12. The van der Waals surface area contributed by atoms with E-state index >= 15 is 0 Å². The molecule has 0 fully saturated rings. The maximum Gasteiger partial charge on any atom is 0.133 e. The van der Waals surface area contributed by atoms with E-state index in [-0.39, 0.29) is 5.82 Å². The van der Waals surface area contributed by atoms with Gasteiger partial charge < -0.3 is 4.74 Å². The monoisotopic (exact) mass is 244 g/mol. The summed E-state index contributed by atoms with van der Waals surface area (Å²) in [6.45, 7) is 0. The Balaban J connectivity index is 2.85. The summed E-state index contributed by atoms with van der Waals surface area (Å²) in [4.78, 5) is 0. The highest BCUT2D eigenvalue weighted by Gasteiger charge is 2.10. The van der Waals surface area contributed by atoms with Crippen molar-refractivity contribution in [2.75, 3.05) is 7.11 Å². The molecule has 1 aromatic heterocycles. The minimum Gasteiger partial charge on any atom is -0.496 e. The Morgan fingerprint density at radius 3 is 3.00 bits per heavy atom. The van der Waals surface area contributed by atoms with Crippen molar-refractivity contribution >= 4 is 26.8 Å². The molecular weight excluding hydrogens is 239 g/mol. The summed E-state index contributed by atoms with van der Waals surface area (Å²) in [7, 11) is 1.49. The fourth-order valence-electron chi connectivity index (χ4n) is 1.20. The normalized spacial score (nSPS) is 10.7. The van der Waals surface area contributed by atoms with Gasteiger partial charge in [0.15, 0.2) is 0 Å². The van der Waals surface area contributed by atoms with Gasteiger partial charge in [0, 0.05) is 12.1 Å². The summed E-state index contributed by atoms with van der Waals surface area (Å²) in [5.41, 5.74) is 0.545. The molecule has 0 amide bonds. The first-order valence-electron chi connectivity index (χ1n) is 3.59. The van der Waals surface area contributed by atoms with Crippen LogP contribution < -0.4 is 4.74 Å². The average molecular weight is 245 g/mol. The summed E-state index contributed by atoms with van der Waals surface area (Å²) in [5.74, 6) is 0.110. The maximum atomic E-state index is 12.9. The first kappa shape index (κ1) is 8.50. The van der Waals surface area contributed by atoms with Crippen molar-refractivity contribution in [1.29, 1.82) is 0 Å². The van der Waals surface area contributed by atoms with Crippen LogP contribution in [0.2, 0.25) is 0 Å². The molecule has 1 N–H and O–H groups in total. The third-order valence-corrected chi connectivity index (χ3v) is 2.33. The molecular formula is C8H6BrFN2O. The van der Waals surface area contributed by atoms with E-state index in [1.165, 1.54) is 19.2 Å². The molecule has 0 spiro atoms. The van der Waals surface area contributed by atoms with Crippen LogP contribution in [-0.2, 0) is 0 Å². The molecule has 3 nitrogen and oxygen atoms in total. The van der Waals surface area contributed by atoms with Crippen LogP contribution >= 0.6 is 15.9 Å². The van der Waals surface area contributed by atoms with E-state index in [1.807, 2.05) is 0 Å². The quantitative estimate of drug-likeness (QED) is 0.837. The lowest BCUT2D eigenvalue weighted by Crippen LogP contribution is -1.85. The Kier molecular flexibility index (Phi) is 1.95. The van der Waals surface area contributed by atoms with Crippen LogP contribution in [0.1, 0.15) is 0 Å². The van der Waals surface area contributed by atoms with Gasteiger partial charge in [-0.2, -0.15) is 5.10 Å². The Morgan fingerprint density at radius 2 is 2.31 bits per heavy atom. The zero-order chi connectivity index (χ0) is 9.42. The van der Waals surface area contributed by atoms with Crippen molar-refractivity contribution in [3.63, 3.8) is 0 Å². The van der Waals surface area contributed by atoms with Crippen molar-refractivity contribution in [3.05, 3.63) is 22.6 Å². The first-order valence-corrected chi connectivity index (χ1v) is 4.39. The van der Waals surface area contributed by atoms with Crippen molar-refractivity contribution in [2.24, 2.45) is 0 Å². The van der Waals surface area contributed by atoms with E-state index < -0.39 is 0 Å². The third kappa shape index (κ3) is 1.29. The molecule has 13 heavy (non-hydrogen) atoms. The largest absolute Gasteiger partial charge is 0.496 e. The standard InChI is InChI=1S/C8H6BrFN2O/c1-13-6-3-4(10)2-5-7(6)8(9)12-11-5/h2-3H,1H3,(H,11,12). The molecule has 1 aromatic carbocycles. The van der Waals surface area contributed by atoms with Crippen molar-refractivity contribution < 1.29 is 9.13 Å². The van der Waals surface area contributed by atoms with E-state index in [0.29, 0.717) is 15.9 Å². The minimum absolute atomic E-state index is 0.358. The van der Waals surface area contributed by atoms with Gasteiger partial charge >= 0.3 is 0 Å². The number of nitrogens with one attached hydrogen (secondary N) is 1. The highest BCUT2D eigenvalue weighted by atomic mass is 79.9. The van der Waals surface area contributed by atoms with Gasteiger partial charge in [-0.1, -0.05) is 0 Å². The number of methoxy groups -OCH3 is 1. The summed E-state index contributed by atoms with van der Waals surface area (Å²) in [6.07, 6.45) is 0. The van der Waals surface area contributed by atoms with E-state index in [1.54, 1.807) is 0 Å². The third-order valence-electron chi connectivity index (χ3n) is 1.76. The maximum absolute atomic E-state index is 12.9. The summed E-state index contributed by atoms with van der Waals surface area (Å²) < 4.78 is 18.7. The molecule has 2 aromatic rings. The molecule has 0 unspecified atom stereocenters. The fourth-order valence-corrected chi connectivity index (χ4v) is 1.69. The van der Waals surface area contributed by atoms with Gasteiger partial charge in [-0.3, -0.25) is 5.10 Å². The number of benzene rings is 1. The summed E-state index contributed by atoms with van der Waals surface area (Å²) >= 11 is 3.26. The molecule has 0 saturated carbocycles. The molecule has 5 heteroatoms. The second-order valence-electron chi connectivity index (χ2n) is 2.54. The van der Waals surface area contributed by atoms with Crippen molar-refractivity contribution in [1.82, 2.24) is 10.2 Å². The molecule has 0 bridgehead atoms. The molecule has 1 heterocycles. The predicted octanol–water partition coefficient (Wildman–Crippen LogP) is 2.47. The number of H-pyrrole nitrogens is 1. The highest BCUT2D eigenvalue weighted by molar-refractivity contribution is 9.10. The lowest BCUT2D eigenvalue weighted by atomic mass is 10.2. The van der Waals surface area contributed by atoms with Gasteiger partial charge in [0.25, 0.3) is 0 Å². The smallest absolute Gasteiger partial charge is 0.133 e. The molecule has 0 aliphatic heterocycles. The highest BCUT2D eigenvalue weighted by Crippen LogP contribution is 2.31. The van der Waals surface area contributed by atoms with Crippen LogP contribution in [0.5, 0.6) is 5.75 Å². The van der Waals surface area contributed by atoms with E-state index in [9.17, 15) is 4.39 Å². The number of aromatic nitrogens is 2. The number of nitrogens with zero attached hydrogens (tertiary/aromatic N) is 1. The van der Waals surface area contributed by atoms with Crippen molar-refractivity contribution in [3.8, 4) is 5.75 Å². The molecule has 2 rings (SSSR count). The zero-order valence-electron chi connectivity index (χ0n) is 6.77. The van der Waals surface area contributed by atoms with Gasteiger partial charge in [-0.05, 0) is 15.9 Å². The van der Waals surface area contributed by atoms with Gasteiger partial charge in [-0.25, -0.2) is 4.39 Å². The second kappa shape index (κ2) is 2.99. The van der Waals surface area contributed by atoms with Gasteiger partial charge in [0.05, 0.1) is 18.0 Å². The molecule has 0 atom stereocenters. The first-order chi connectivity index (χ1) is 6.22. The number of hydrogen-bond donors (Lipinski definition) is 1. The van der Waals surface area contributed by atoms with Crippen LogP contribution in [0.15, 0.2) is 16.7 Å². The molecule has 0 aliphatic carbocycles. The van der Waals surface area contributed by atoms with E-state index in [4.69, 9.17) is 4.74 Å². The fraction of sp³-hybridized carbons (Fsp3) is 0.125. The molecule has 0 saturated heterocycles. The average Bonchev–Trinajstić information content (AvgIpc) is 2.46. The van der Waals surface area contributed by atoms with Crippen LogP contribution in [0, 0.1) is 5.82 Å². The van der Waals surface area contributed by atoms with Gasteiger partial charge in [0.2, 0.25) is 0 Å². The number of hydrogen-bond acceptors (Lipinski definition) is 2. The second-order valence-corrected chi connectivity index (χ2v) is 3.33. The minimum atomic E-state index is -0.358. The van der Waals surface area contributed by atoms with Crippen molar-refractivity contribution in [2.45, 2.75) is 0 Å². The molecule has 68 valence electrons. The summed E-state index contributed by atoms with van der Waals surface area (Å²) in [6, 6.07) is 2.67. The lowest BCUT2D eigenvalue weighted by Gasteiger charge is -2.00. The number of aromatic amines is 1. The predicted molar refractivity (Wildman–Crippen MR) is 50.3 cm³/mol. The van der Waals surface area contributed by atoms with Crippen LogP contribution in [0.25, 0.3) is 10.9 Å². The van der Waals surface area contributed by atoms with Gasteiger partial charge in [-0.15, -0.1) is 0 Å². The van der Waals surface area contributed by atoms with Crippen LogP contribution in [-0.4, -0.2) is 17.3 Å². The Hall–Kier alpha value is -1.10. The summed E-state index contributed by atoms with van der Waals surface area (Å²) in [5, 5.41) is 7.35. The number of fused-ring (bicyclic) bond motifs is 1. The van der Waals surface area contributed by atoms with E-state index in [2.05, 4.69) is 26.1 Å². The number of halogens is 2. The number of ether oxygens (including phenoxy) is 1. The Labute approximate surface area is 82.0 Å². The Morgan fingerprint density at radius 1 is 1.54 bits per heavy atom. The topological polar surface area (TPSA) is 37.9 Å². The van der Waals surface area contributed by atoms with Gasteiger partial charge in [0.1, 0.15) is 16.2 Å². The molecule has 0 aliphatic rings. The lowest BCUT2D eigenvalue weighted by molar-refractivity contribution is 0.416. The van der Waals surface area contributed by atoms with E-state index in [0.717, 1.165) is 5.39 Å². The number of rotatable bonds is 1. The Bertz CT molecular complexity index is 455. The van der Waals surface area contributed by atoms with Crippen LogP contribution in [0.4, 0.5) is 4.39 Å². The van der Waals surface area contributed by atoms with Crippen LogP contribution in [0.3, 0.4) is 0 Å². The molecule has 0 radical (unpaired) electrons. The zero-order valence-corrected chi connectivity index (χ0v) is 8.35.